The summed E-state index contributed by atoms with van der Waals surface area (Å²) in [5.41, 5.74) is 2.32. The van der Waals surface area contributed by atoms with Gasteiger partial charge in [0.15, 0.2) is 6.20 Å². The number of nitrogens with one attached hydrogen (secondary N) is 1. The Kier molecular flexibility index (Phi) is 5.04. The van der Waals surface area contributed by atoms with Gasteiger partial charge in [-0.25, -0.2) is 4.98 Å². The van der Waals surface area contributed by atoms with Crippen molar-refractivity contribution < 1.29 is 29.0 Å². The molecule has 0 saturated carbocycles. The van der Waals surface area contributed by atoms with Gasteiger partial charge in [-0.05, 0) is 17.7 Å². The summed E-state index contributed by atoms with van der Waals surface area (Å²) >= 11 is 0. The van der Waals surface area contributed by atoms with Crippen LogP contribution < -0.4 is 29.0 Å². The van der Waals surface area contributed by atoms with Crippen LogP contribution in [-0.2, 0) is 0 Å². The molecule has 0 amide bonds. The molecule has 1 aromatic carbocycles. The van der Waals surface area contributed by atoms with Gasteiger partial charge in [-0.2, -0.15) is 0 Å². The first-order valence-corrected chi connectivity index (χ1v) is 4.65. The Hall–Kier alpha value is -1.16. The van der Waals surface area contributed by atoms with Crippen molar-refractivity contribution in [1.82, 2.24) is 0 Å². The Bertz CT molecular complexity index is 368. The standard InChI is InChI=1S/C13H11N.HI/c1-2-6-12(7-3-1)9-10-13-8-4-5-11-14-13;/h1-11H;1H. The minimum atomic E-state index is 0. The van der Waals surface area contributed by atoms with E-state index in [9.17, 15) is 0 Å². The molecule has 0 spiro atoms. The first-order valence-electron chi connectivity index (χ1n) is 4.65. The lowest BCUT2D eigenvalue weighted by Gasteiger charge is -1.89. The zero-order valence-corrected chi connectivity index (χ0v) is 10.4. The van der Waals surface area contributed by atoms with E-state index >= 15 is 0 Å². The molecule has 0 fully saturated rings. The number of halogens is 1. The van der Waals surface area contributed by atoms with Crippen molar-refractivity contribution in [3.8, 4) is 0 Å². The summed E-state index contributed by atoms with van der Waals surface area (Å²) in [7, 11) is 0. The van der Waals surface area contributed by atoms with Crippen molar-refractivity contribution in [2.75, 3.05) is 0 Å². The molecule has 1 nitrogen and oxygen atoms in total. The molecule has 2 rings (SSSR count). The van der Waals surface area contributed by atoms with Crippen LogP contribution >= 0.6 is 0 Å². The highest BCUT2D eigenvalue weighted by Gasteiger charge is 1.90. The SMILES string of the molecule is C(=Cc1cccc[nH+]1)c1ccccc1.[I-]. The van der Waals surface area contributed by atoms with E-state index in [0.29, 0.717) is 0 Å². The molecule has 2 heteroatoms. The molecule has 76 valence electrons. The Morgan fingerprint density at radius 1 is 0.800 bits per heavy atom. The van der Waals surface area contributed by atoms with Crippen LogP contribution in [0.25, 0.3) is 12.2 Å². The van der Waals surface area contributed by atoms with E-state index in [0.717, 1.165) is 5.69 Å². The summed E-state index contributed by atoms with van der Waals surface area (Å²) < 4.78 is 0. The normalized spacial score (nSPS) is 9.87. The molecule has 0 aliphatic heterocycles. The Balaban J connectivity index is 0.00000112. The fraction of sp³-hybridized carbons (Fsp3) is 0. The molecule has 1 heterocycles. The van der Waals surface area contributed by atoms with E-state index < -0.39 is 0 Å². The van der Waals surface area contributed by atoms with Gasteiger partial charge in [0.2, 0.25) is 5.69 Å². The summed E-state index contributed by atoms with van der Waals surface area (Å²) in [6, 6.07) is 16.3. The lowest BCUT2D eigenvalue weighted by Crippen LogP contribution is -3.00. The first-order chi connectivity index (χ1) is 6.95. The highest BCUT2D eigenvalue weighted by Crippen LogP contribution is 2.03. The number of benzene rings is 1. The number of rotatable bonds is 2. The summed E-state index contributed by atoms with van der Waals surface area (Å²) in [6.45, 7) is 0. The van der Waals surface area contributed by atoms with Crippen LogP contribution in [0.3, 0.4) is 0 Å². The zero-order valence-electron chi connectivity index (χ0n) is 8.23. The van der Waals surface area contributed by atoms with Gasteiger partial charge in [0, 0.05) is 18.2 Å². The average Bonchev–Trinajstić information content (AvgIpc) is 2.29. The fourth-order valence-electron chi connectivity index (χ4n) is 1.26. The van der Waals surface area contributed by atoms with Crippen molar-refractivity contribution in [2.45, 2.75) is 0 Å². The van der Waals surface area contributed by atoms with Crippen LogP contribution in [0.15, 0.2) is 54.7 Å². The van der Waals surface area contributed by atoms with Crippen molar-refractivity contribution in [2.24, 2.45) is 0 Å². The topological polar surface area (TPSA) is 14.1 Å². The molecule has 0 unspecified atom stereocenters. The predicted octanol–water partition coefficient (Wildman–Crippen LogP) is -0.325. The van der Waals surface area contributed by atoms with E-state index in [1.54, 1.807) is 0 Å². The second kappa shape index (κ2) is 6.35. The second-order valence-electron chi connectivity index (χ2n) is 3.06. The minimum absolute atomic E-state index is 0. The number of aromatic nitrogens is 1. The van der Waals surface area contributed by atoms with E-state index in [4.69, 9.17) is 0 Å². The maximum absolute atomic E-state index is 3.15. The van der Waals surface area contributed by atoms with Crippen LogP contribution in [-0.4, -0.2) is 0 Å². The number of hydrogen-bond acceptors (Lipinski definition) is 0. The maximum Gasteiger partial charge on any atom is 0.203 e. The van der Waals surface area contributed by atoms with Crippen LogP contribution in [0.2, 0.25) is 0 Å². The van der Waals surface area contributed by atoms with E-state index in [-0.39, 0.29) is 24.0 Å². The van der Waals surface area contributed by atoms with Crippen LogP contribution in [0, 0.1) is 0 Å². The van der Waals surface area contributed by atoms with Gasteiger partial charge >= 0.3 is 0 Å². The van der Waals surface area contributed by atoms with Gasteiger partial charge in [-0.15, -0.1) is 0 Å². The van der Waals surface area contributed by atoms with E-state index in [1.807, 2.05) is 42.6 Å². The van der Waals surface area contributed by atoms with E-state index in [2.05, 4.69) is 29.3 Å². The number of aromatic amines is 1. The molecule has 0 bridgehead atoms. The number of hydrogen-bond donors (Lipinski definition) is 0. The van der Waals surface area contributed by atoms with E-state index in [1.165, 1.54) is 5.56 Å². The predicted molar refractivity (Wildman–Crippen MR) is 58.4 cm³/mol. The van der Waals surface area contributed by atoms with Gasteiger partial charge in [-0.1, -0.05) is 30.3 Å². The molecular formula is C13H12IN. The van der Waals surface area contributed by atoms with Crippen molar-refractivity contribution in [3.05, 3.63) is 66.0 Å². The van der Waals surface area contributed by atoms with Gasteiger partial charge in [0.05, 0.1) is 0 Å². The molecule has 0 atom stereocenters. The Morgan fingerprint density at radius 2 is 1.53 bits per heavy atom. The average molecular weight is 309 g/mol. The third-order valence-electron chi connectivity index (χ3n) is 1.99. The Morgan fingerprint density at radius 3 is 2.20 bits per heavy atom. The molecule has 1 N–H and O–H groups in total. The van der Waals surface area contributed by atoms with Crippen molar-refractivity contribution in [1.29, 1.82) is 0 Å². The second-order valence-corrected chi connectivity index (χ2v) is 3.06. The van der Waals surface area contributed by atoms with Crippen LogP contribution in [0.4, 0.5) is 0 Å². The molecule has 0 aliphatic rings. The Labute approximate surface area is 107 Å². The summed E-state index contributed by atoms with van der Waals surface area (Å²) in [5, 5.41) is 0. The first kappa shape index (κ1) is 11.9. The molecule has 1 aromatic heterocycles. The monoisotopic (exact) mass is 309 g/mol. The highest BCUT2D eigenvalue weighted by molar-refractivity contribution is 5.66. The molecule has 15 heavy (non-hydrogen) atoms. The number of pyridine rings is 1. The van der Waals surface area contributed by atoms with Crippen molar-refractivity contribution in [3.63, 3.8) is 0 Å². The van der Waals surface area contributed by atoms with Crippen LogP contribution in [0.5, 0.6) is 0 Å². The summed E-state index contributed by atoms with van der Waals surface area (Å²) in [4.78, 5) is 3.15. The van der Waals surface area contributed by atoms with Gasteiger partial charge in [0.1, 0.15) is 0 Å². The highest BCUT2D eigenvalue weighted by atomic mass is 127. The molecular weight excluding hydrogens is 297 g/mol. The summed E-state index contributed by atoms with van der Waals surface area (Å²) in [6.07, 6.45) is 6.08. The smallest absolute Gasteiger partial charge is 0.203 e. The molecule has 0 aliphatic carbocycles. The summed E-state index contributed by atoms with van der Waals surface area (Å²) in [5.74, 6) is 0. The lowest BCUT2D eigenvalue weighted by molar-refractivity contribution is -0.380. The fourth-order valence-corrected chi connectivity index (χ4v) is 1.26. The molecule has 0 radical (unpaired) electrons. The van der Waals surface area contributed by atoms with Gasteiger partial charge in [-0.3, -0.25) is 0 Å². The minimum Gasteiger partial charge on any atom is -1.00 e. The quantitative estimate of drug-likeness (QED) is 0.675. The zero-order chi connectivity index (χ0) is 9.64. The largest absolute Gasteiger partial charge is 1.00 e. The van der Waals surface area contributed by atoms with Crippen molar-refractivity contribution >= 4 is 12.2 Å². The van der Waals surface area contributed by atoms with Gasteiger partial charge in [0.25, 0.3) is 0 Å². The molecule has 0 saturated heterocycles. The third-order valence-corrected chi connectivity index (χ3v) is 1.99. The van der Waals surface area contributed by atoms with Gasteiger partial charge < -0.3 is 24.0 Å². The third kappa shape index (κ3) is 3.83. The number of H-pyrrole nitrogens is 1. The van der Waals surface area contributed by atoms with Crippen LogP contribution in [0.1, 0.15) is 11.3 Å². The maximum atomic E-state index is 3.15. The lowest BCUT2D eigenvalue weighted by atomic mass is 10.2. The molecule has 2 aromatic rings.